The summed E-state index contributed by atoms with van der Waals surface area (Å²) in [7, 11) is 0. The lowest BCUT2D eigenvalue weighted by atomic mass is 10.0. The van der Waals surface area contributed by atoms with Crippen LogP contribution >= 0.6 is 0 Å². The van der Waals surface area contributed by atoms with Crippen molar-refractivity contribution < 1.29 is 28.6 Å². The van der Waals surface area contributed by atoms with E-state index in [1.165, 1.54) is 12.3 Å². The molecule has 2 aromatic carbocycles. The number of ketones is 1. The van der Waals surface area contributed by atoms with Gasteiger partial charge in [0.25, 0.3) is 5.91 Å². The molecule has 0 atom stereocenters. The van der Waals surface area contributed by atoms with Crippen LogP contribution in [-0.4, -0.2) is 40.0 Å². The third-order valence-electron chi connectivity index (χ3n) is 6.47. The number of carbonyl (C=O) groups excluding carboxylic acids is 2. The number of aliphatic carboxylic acids is 1. The number of aromatic nitrogens is 1. The Bertz CT molecular complexity index is 1660. The molecule has 232 valence electrons. The molecule has 0 aliphatic carbocycles. The van der Waals surface area contributed by atoms with Crippen molar-refractivity contribution in [3.63, 3.8) is 0 Å². The molecule has 1 aromatic heterocycles. The molecule has 0 aliphatic heterocycles. The van der Waals surface area contributed by atoms with E-state index in [1.807, 2.05) is 31.2 Å². The number of carboxylic acids is 1. The number of aromatic amines is 1. The van der Waals surface area contributed by atoms with Gasteiger partial charge in [-0.2, -0.15) is 0 Å². The Morgan fingerprint density at radius 1 is 1.11 bits per heavy atom. The number of rotatable bonds is 17. The second-order valence-corrected chi connectivity index (χ2v) is 10.2. The molecule has 0 fully saturated rings. The van der Waals surface area contributed by atoms with Crippen LogP contribution in [0.25, 0.3) is 11.6 Å². The zero-order valence-corrected chi connectivity index (χ0v) is 25.1. The maximum Gasteiger partial charge on any atom is 0.305 e. The van der Waals surface area contributed by atoms with Crippen molar-refractivity contribution in [3.8, 4) is 5.75 Å². The predicted octanol–water partition coefficient (Wildman–Crippen LogP) is 7.21. The molecule has 0 unspecified atom stereocenters. The van der Waals surface area contributed by atoms with Crippen molar-refractivity contribution in [2.75, 3.05) is 6.54 Å². The van der Waals surface area contributed by atoms with Crippen LogP contribution < -0.4 is 10.1 Å². The van der Waals surface area contributed by atoms with Gasteiger partial charge in [-0.25, -0.2) is 4.39 Å². The van der Waals surface area contributed by atoms with Gasteiger partial charge in [-0.15, -0.1) is 0 Å². The monoisotopic (exact) mass is 609 g/mol. The molecule has 0 aliphatic rings. The molecular formula is C36H36FN3O5. The smallest absolute Gasteiger partial charge is 0.305 e. The number of nitrogens with one attached hydrogen (secondary N) is 3. The third-order valence-corrected chi connectivity index (χ3v) is 6.47. The fraction of sp³-hybridized carbons (Fsp3) is 0.167. The highest BCUT2D eigenvalue weighted by Crippen LogP contribution is 2.21. The van der Waals surface area contributed by atoms with Crippen LogP contribution in [0.4, 0.5) is 4.39 Å². The van der Waals surface area contributed by atoms with Crippen LogP contribution in [-0.2, 0) is 9.59 Å². The third kappa shape index (κ3) is 11.2. The largest absolute Gasteiger partial charge is 0.481 e. The minimum Gasteiger partial charge on any atom is -0.481 e. The van der Waals surface area contributed by atoms with Crippen LogP contribution in [0.3, 0.4) is 0 Å². The van der Waals surface area contributed by atoms with Gasteiger partial charge in [0.1, 0.15) is 23.1 Å². The molecule has 1 heterocycles. The highest BCUT2D eigenvalue weighted by atomic mass is 19.1. The van der Waals surface area contributed by atoms with Crippen LogP contribution in [0.5, 0.6) is 5.75 Å². The maximum atomic E-state index is 14.0. The second-order valence-electron chi connectivity index (χ2n) is 10.2. The summed E-state index contributed by atoms with van der Waals surface area (Å²) in [4.78, 5) is 38.3. The molecule has 0 radical (unpaired) electrons. The van der Waals surface area contributed by atoms with E-state index in [-0.39, 0.29) is 42.9 Å². The molecule has 45 heavy (non-hydrogen) atoms. The number of aryl methyl sites for hydroxylation is 1. The van der Waals surface area contributed by atoms with Gasteiger partial charge in [0.05, 0.1) is 12.0 Å². The highest BCUT2D eigenvalue weighted by Gasteiger charge is 2.13. The van der Waals surface area contributed by atoms with Crippen LogP contribution in [0.1, 0.15) is 58.4 Å². The van der Waals surface area contributed by atoms with E-state index in [9.17, 15) is 18.8 Å². The van der Waals surface area contributed by atoms with Crippen LogP contribution in [0.2, 0.25) is 0 Å². The quantitative estimate of drug-likeness (QED) is 0.0730. The van der Waals surface area contributed by atoms with Crippen molar-refractivity contribution >= 4 is 35.0 Å². The Labute approximate surface area is 261 Å². The number of hydrogen-bond donors (Lipinski definition) is 4. The first-order valence-corrected chi connectivity index (χ1v) is 14.2. The number of allylic oxidation sites excluding steroid dienone is 6. The SMILES string of the molecule is C=C/C=C\C(=C/C(=C)c1cc(C(=O)NCCC(=O)O)c[nH]1)Oc1ccc(/C=C/CCC(=O)CC(=N)c2cc(C)ccc2F)cc1. The summed E-state index contributed by atoms with van der Waals surface area (Å²) in [6, 6.07) is 13.5. The summed E-state index contributed by atoms with van der Waals surface area (Å²) in [6.07, 6.45) is 12.5. The van der Waals surface area contributed by atoms with Gasteiger partial charge in [-0.05, 0) is 67.0 Å². The summed E-state index contributed by atoms with van der Waals surface area (Å²) in [5, 5.41) is 19.4. The summed E-state index contributed by atoms with van der Waals surface area (Å²) in [5.41, 5.74) is 3.37. The first-order chi connectivity index (χ1) is 21.5. The lowest BCUT2D eigenvalue weighted by molar-refractivity contribution is -0.136. The summed E-state index contributed by atoms with van der Waals surface area (Å²) in [5.74, 6) is -0.969. The van der Waals surface area contributed by atoms with Crippen molar-refractivity contribution in [1.29, 1.82) is 5.41 Å². The van der Waals surface area contributed by atoms with Crippen LogP contribution in [0.15, 0.2) is 104 Å². The Balaban J connectivity index is 1.55. The fourth-order valence-corrected chi connectivity index (χ4v) is 4.12. The average Bonchev–Trinajstić information content (AvgIpc) is 3.51. The first kappa shape index (κ1) is 33.9. The van der Waals surface area contributed by atoms with Gasteiger partial charge in [0, 0.05) is 42.6 Å². The Morgan fingerprint density at radius 3 is 2.58 bits per heavy atom. The number of carbonyl (C=O) groups is 3. The molecule has 0 bridgehead atoms. The van der Waals surface area contributed by atoms with Crippen molar-refractivity contribution in [2.45, 2.75) is 32.6 Å². The molecule has 4 N–H and O–H groups in total. The zero-order valence-electron chi connectivity index (χ0n) is 25.1. The number of Topliss-reactive ketones (excluding diaryl/α,β-unsaturated/α-hetero) is 1. The summed E-state index contributed by atoms with van der Waals surface area (Å²) in [6.45, 7) is 9.60. The van der Waals surface area contributed by atoms with Gasteiger partial charge in [0.15, 0.2) is 0 Å². The van der Waals surface area contributed by atoms with E-state index in [2.05, 4.69) is 23.5 Å². The van der Waals surface area contributed by atoms with Crippen molar-refractivity contribution in [1.82, 2.24) is 10.3 Å². The molecular weight excluding hydrogens is 573 g/mol. The van der Waals surface area contributed by atoms with Gasteiger partial charge >= 0.3 is 5.97 Å². The lowest BCUT2D eigenvalue weighted by Crippen LogP contribution is -2.25. The van der Waals surface area contributed by atoms with Crippen molar-refractivity contribution in [3.05, 3.63) is 138 Å². The van der Waals surface area contributed by atoms with Gasteiger partial charge in [-0.3, -0.25) is 14.4 Å². The number of amides is 1. The number of carboxylic acid groups (broad SMARTS) is 1. The Kier molecular flexibility index (Phi) is 12.7. The van der Waals surface area contributed by atoms with E-state index in [4.69, 9.17) is 15.3 Å². The Morgan fingerprint density at radius 2 is 1.87 bits per heavy atom. The van der Waals surface area contributed by atoms with Gasteiger partial charge < -0.3 is 25.6 Å². The molecule has 0 saturated carbocycles. The molecule has 3 rings (SSSR count). The van der Waals surface area contributed by atoms with Crippen LogP contribution in [0, 0.1) is 18.2 Å². The second kappa shape index (κ2) is 16.9. The topological polar surface area (TPSA) is 132 Å². The maximum absolute atomic E-state index is 14.0. The molecule has 0 saturated heterocycles. The molecule has 3 aromatic rings. The van der Waals surface area contributed by atoms with Gasteiger partial charge in [0.2, 0.25) is 0 Å². The molecule has 9 heteroatoms. The average molecular weight is 610 g/mol. The predicted molar refractivity (Wildman–Crippen MR) is 175 cm³/mol. The molecule has 1 amide bonds. The number of halogens is 1. The zero-order chi connectivity index (χ0) is 32.8. The van der Waals surface area contributed by atoms with Gasteiger partial charge in [-0.1, -0.05) is 61.2 Å². The van der Waals surface area contributed by atoms with E-state index in [1.54, 1.807) is 54.6 Å². The number of ether oxygens (including phenoxy) is 1. The standard InChI is InChI=1S/C36H36FN3O5/c1-4-5-10-30(20-25(3)34-21-27(23-40-34)36(44)39-18-17-35(42)43)45-29-14-12-26(13-15-29)8-6-7-9-28(41)22-33(38)31-19-24(2)11-16-32(31)37/h4-6,8,10-16,19-21,23,38,40H,1,3,7,9,17-18,22H2,2H3,(H,39,44)(H,42,43)/b8-6+,10-5-,30-20+,38-33?. The highest BCUT2D eigenvalue weighted by molar-refractivity contribution is 6.09. The van der Waals surface area contributed by atoms with Crippen molar-refractivity contribution in [2.24, 2.45) is 0 Å². The fourth-order valence-electron chi connectivity index (χ4n) is 4.12. The summed E-state index contributed by atoms with van der Waals surface area (Å²) < 4.78 is 20.0. The number of benzene rings is 2. The van der Waals surface area contributed by atoms with E-state index in [0.29, 0.717) is 34.8 Å². The minimum atomic E-state index is -0.993. The number of H-pyrrole nitrogens is 1. The Hall–Kier alpha value is -5.57. The first-order valence-electron chi connectivity index (χ1n) is 14.2. The number of hydrogen-bond acceptors (Lipinski definition) is 5. The van der Waals surface area contributed by atoms with E-state index < -0.39 is 17.7 Å². The van der Waals surface area contributed by atoms with E-state index >= 15 is 0 Å². The summed E-state index contributed by atoms with van der Waals surface area (Å²) >= 11 is 0. The lowest BCUT2D eigenvalue weighted by Gasteiger charge is -2.08. The van der Waals surface area contributed by atoms with E-state index in [0.717, 1.165) is 11.1 Å². The minimum absolute atomic E-state index is 0.0179. The molecule has 8 nitrogen and oxygen atoms in total. The molecule has 0 spiro atoms. The normalized spacial score (nSPS) is 11.5.